The molecule has 1 heterocycles. The summed E-state index contributed by atoms with van der Waals surface area (Å²) in [4.78, 5) is 40.6. The minimum absolute atomic E-state index is 0.0342. The van der Waals surface area contributed by atoms with Gasteiger partial charge in [0.15, 0.2) is 5.12 Å². The van der Waals surface area contributed by atoms with Crippen LogP contribution in [0.5, 0.6) is 0 Å². The molecule has 1 saturated heterocycles. The van der Waals surface area contributed by atoms with Crippen LogP contribution in [0.1, 0.15) is 26.2 Å². The molecule has 4 N–H and O–H groups in total. The van der Waals surface area contributed by atoms with Crippen LogP contribution in [0.2, 0.25) is 0 Å². The van der Waals surface area contributed by atoms with Gasteiger partial charge in [-0.15, -0.1) is 0 Å². The zero-order valence-electron chi connectivity index (χ0n) is 13.3. The highest BCUT2D eigenvalue weighted by Crippen LogP contribution is 2.52. The Morgan fingerprint density at radius 1 is 1.39 bits per heavy atom. The van der Waals surface area contributed by atoms with Gasteiger partial charge in [-0.05, 0) is 12.8 Å². The number of aliphatic hydroxyl groups is 1. The molecule has 0 aliphatic carbocycles. The normalized spacial score (nSPS) is 28.1. The average Bonchev–Trinajstić information content (AvgIpc) is 2.36. The van der Waals surface area contributed by atoms with Gasteiger partial charge in [-0.2, -0.15) is 0 Å². The van der Waals surface area contributed by atoms with E-state index in [1.54, 1.807) is 0 Å². The zero-order chi connectivity index (χ0) is 17.9. The van der Waals surface area contributed by atoms with Crippen LogP contribution in [0.4, 0.5) is 0 Å². The van der Waals surface area contributed by atoms with E-state index in [2.05, 4.69) is 0 Å². The van der Waals surface area contributed by atoms with Crippen molar-refractivity contribution in [2.45, 2.75) is 31.5 Å². The molecule has 23 heavy (non-hydrogen) atoms. The first-order valence-electron chi connectivity index (χ1n) is 7.38. The van der Waals surface area contributed by atoms with E-state index in [0.29, 0.717) is 29.7 Å². The molecule has 3 atom stereocenters. The zero-order valence-corrected chi connectivity index (χ0v) is 15.1. The molecule has 0 bridgehead atoms. The Bertz CT molecular complexity index is 511. The van der Waals surface area contributed by atoms with Crippen molar-refractivity contribution in [3.05, 3.63) is 0 Å². The molecular weight excluding hydrogens is 345 g/mol. The molecule has 1 aliphatic heterocycles. The Balaban J connectivity index is 2.76. The number of aliphatic carboxylic acids is 1. The minimum atomic E-state index is -5.19. The number of thioether (sulfide) groups is 1. The SMILES string of the molecule is CC(=O)SCC[N+]1(C)CCCC(CC(O)(C(=O)O)P(=O)(O)O)C1. The second kappa shape index (κ2) is 7.63. The fraction of sp³-hybridized carbons (Fsp3) is 0.846. The molecule has 1 aliphatic rings. The first kappa shape index (κ1) is 20.6. The van der Waals surface area contributed by atoms with Crippen molar-refractivity contribution in [1.29, 1.82) is 0 Å². The molecule has 0 aromatic rings. The lowest BCUT2D eigenvalue weighted by Gasteiger charge is -2.42. The summed E-state index contributed by atoms with van der Waals surface area (Å²) in [5.74, 6) is -1.55. The van der Waals surface area contributed by atoms with Gasteiger partial charge in [-0.3, -0.25) is 9.36 Å². The molecule has 10 heteroatoms. The quantitative estimate of drug-likeness (QED) is 0.375. The number of rotatable bonds is 7. The third-order valence-electron chi connectivity index (χ3n) is 4.34. The summed E-state index contributed by atoms with van der Waals surface area (Å²) < 4.78 is 12.0. The number of quaternary nitrogens is 1. The van der Waals surface area contributed by atoms with Gasteiger partial charge in [-0.25, -0.2) is 4.79 Å². The number of piperidine rings is 1. The highest BCUT2D eigenvalue weighted by atomic mass is 32.2. The number of carbonyl (C=O) groups is 2. The maximum Gasteiger partial charge on any atom is 0.368 e. The molecule has 0 aromatic carbocycles. The lowest BCUT2D eigenvalue weighted by Crippen LogP contribution is -2.54. The van der Waals surface area contributed by atoms with E-state index < -0.39 is 25.3 Å². The first-order chi connectivity index (χ1) is 10.4. The van der Waals surface area contributed by atoms with Gasteiger partial charge in [0, 0.05) is 19.3 Å². The maximum atomic E-state index is 11.4. The molecule has 8 nitrogen and oxygen atoms in total. The average molecular weight is 370 g/mol. The van der Waals surface area contributed by atoms with Gasteiger partial charge >= 0.3 is 13.6 Å². The van der Waals surface area contributed by atoms with Crippen LogP contribution in [-0.2, 0) is 14.2 Å². The Morgan fingerprint density at radius 3 is 2.48 bits per heavy atom. The van der Waals surface area contributed by atoms with Crippen molar-refractivity contribution in [3.63, 3.8) is 0 Å². The number of likely N-dealkylation sites (tertiary alicyclic amines) is 1. The molecule has 0 radical (unpaired) electrons. The van der Waals surface area contributed by atoms with Gasteiger partial charge in [0.1, 0.15) is 0 Å². The lowest BCUT2D eigenvalue weighted by molar-refractivity contribution is -0.915. The second-order valence-electron chi connectivity index (χ2n) is 6.47. The monoisotopic (exact) mass is 370 g/mol. The third kappa shape index (κ3) is 5.55. The smallest absolute Gasteiger partial charge is 0.368 e. The summed E-state index contributed by atoms with van der Waals surface area (Å²) in [6.45, 7) is 3.59. The van der Waals surface area contributed by atoms with Crippen molar-refractivity contribution in [1.82, 2.24) is 0 Å². The molecule has 1 fully saturated rings. The van der Waals surface area contributed by atoms with Crippen LogP contribution in [0, 0.1) is 5.92 Å². The van der Waals surface area contributed by atoms with Gasteiger partial charge in [0.25, 0.3) is 5.34 Å². The van der Waals surface area contributed by atoms with Crippen LogP contribution in [-0.4, -0.2) is 73.3 Å². The summed E-state index contributed by atoms with van der Waals surface area (Å²) in [5.41, 5.74) is 0. The van der Waals surface area contributed by atoms with Crippen molar-refractivity contribution in [2.24, 2.45) is 5.92 Å². The van der Waals surface area contributed by atoms with E-state index in [4.69, 9.17) is 5.11 Å². The minimum Gasteiger partial charge on any atom is -0.479 e. The molecule has 3 unspecified atom stereocenters. The Hall–Kier alpha value is -0.440. The Kier molecular flexibility index (Phi) is 6.84. The number of carbonyl (C=O) groups excluding carboxylic acids is 1. The first-order valence-corrected chi connectivity index (χ1v) is 9.98. The van der Waals surface area contributed by atoms with E-state index in [1.807, 2.05) is 7.05 Å². The van der Waals surface area contributed by atoms with Crippen LogP contribution in [0.15, 0.2) is 0 Å². The number of hydrogen-bond acceptors (Lipinski definition) is 5. The second-order valence-corrected chi connectivity index (χ2v) is 9.57. The standard InChI is InChI=1S/C13H24NO7PS/c1-10(15)23-7-6-14(2)5-3-4-11(9-14)8-13(18,12(16)17)22(19,20)21/h11,18H,3-9H2,1-2H3,(H2-,16,17,19,20,21)/p+1. The van der Waals surface area contributed by atoms with Gasteiger partial charge in [-0.1, -0.05) is 11.8 Å². The van der Waals surface area contributed by atoms with Crippen LogP contribution in [0.25, 0.3) is 0 Å². The predicted octanol–water partition coefficient (Wildman–Crippen LogP) is 0.464. The summed E-state index contributed by atoms with van der Waals surface area (Å²) in [5, 5.41) is 16.0. The van der Waals surface area contributed by atoms with Crippen molar-refractivity contribution in [2.75, 3.05) is 32.4 Å². The predicted molar refractivity (Wildman–Crippen MR) is 85.9 cm³/mol. The molecule has 0 spiro atoms. The molecule has 0 aromatic heterocycles. The number of hydrogen-bond donors (Lipinski definition) is 4. The maximum absolute atomic E-state index is 11.4. The van der Waals surface area contributed by atoms with E-state index in [1.165, 1.54) is 18.7 Å². The van der Waals surface area contributed by atoms with Crippen molar-refractivity contribution >= 4 is 30.4 Å². The molecule has 134 valence electrons. The molecule has 1 rings (SSSR count). The van der Waals surface area contributed by atoms with Crippen molar-refractivity contribution in [3.8, 4) is 0 Å². The summed E-state index contributed by atoms with van der Waals surface area (Å²) in [7, 11) is -3.21. The largest absolute Gasteiger partial charge is 0.479 e. The summed E-state index contributed by atoms with van der Waals surface area (Å²) in [6.07, 6.45) is 0.923. The molecule has 0 saturated carbocycles. The van der Waals surface area contributed by atoms with E-state index in [-0.39, 0.29) is 11.0 Å². The number of nitrogens with zero attached hydrogens (tertiary/aromatic N) is 1. The number of carboxylic acids is 1. The van der Waals surface area contributed by atoms with Crippen LogP contribution < -0.4 is 0 Å². The van der Waals surface area contributed by atoms with Crippen LogP contribution >= 0.6 is 19.4 Å². The number of carboxylic acid groups (broad SMARTS) is 1. The van der Waals surface area contributed by atoms with Gasteiger partial charge in [0.2, 0.25) is 0 Å². The topological polar surface area (TPSA) is 132 Å². The molecular formula is C13H25NO7PS+. The Labute approximate surface area is 139 Å². The summed E-state index contributed by atoms with van der Waals surface area (Å²) in [6, 6.07) is 0. The highest BCUT2D eigenvalue weighted by Gasteiger charge is 2.54. The lowest BCUT2D eigenvalue weighted by atomic mass is 9.90. The molecule has 0 amide bonds. The summed E-state index contributed by atoms with van der Waals surface area (Å²) >= 11 is 1.22. The third-order valence-corrected chi connectivity index (χ3v) is 6.47. The Morgan fingerprint density at radius 2 is 2.00 bits per heavy atom. The van der Waals surface area contributed by atoms with E-state index in [9.17, 15) is 29.0 Å². The van der Waals surface area contributed by atoms with Crippen LogP contribution in [0.3, 0.4) is 0 Å². The van der Waals surface area contributed by atoms with E-state index >= 15 is 0 Å². The fourth-order valence-corrected chi connectivity index (χ4v) is 4.65. The fourth-order valence-electron chi connectivity index (χ4n) is 3.08. The van der Waals surface area contributed by atoms with E-state index in [0.717, 1.165) is 13.0 Å². The van der Waals surface area contributed by atoms with Gasteiger partial charge in [0.05, 0.1) is 32.4 Å². The van der Waals surface area contributed by atoms with Gasteiger partial charge < -0.3 is 24.5 Å². The highest BCUT2D eigenvalue weighted by molar-refractivity contribution is 8.13. The van der Waals surface area contributed by atoms with Crippen molar-refractivity contribution < 1.29 is 38.6 Å².